The first kappa shape index (κ1) is 11.9. The first-order chi connectivity index (χ1) is 7.74. The SMILES string of the molecule is CC1CC(NC(=O)CCNC2CC2)CCO1. The van der Waals surface area contributed by atoms with Crippen LogP contribution in [0, 0.1) is 0 Å². The van der Waals surface area contributed by atoms with Gasteiger partial charge in [-0.15, -0.1) is 0 Å². The summed E-state index contributed by atoms with van der Waals surface area (Å²) in [6, 6.07) is 1.01. The van der Waals surface area contributed by atoms with Crippen LogP contribution < -0.4 is 10.6 Å². The van der Waals surface area contributed by atoms with Crippen molar-refractivity contribution in [2.45, 2.75) is 57.2 Å². The molecule has 0 spiro atoms. The fourth-order valence-corrected chi connectivity index (χ4v) is 2.11. The highest BCUT2D eigenvalue weighted by Gasteiger charge is 2.22. The van der Waals surface area contributed by atoms with Crippen molar-refractivity contribution in [3.63, 3.8) is 0 Å². The number of hydrogen-bond acceptors (Lipinski definition) is 3. The lowest BCUT2D eigenvalue weighted by Crippen LogP contribution is -2.42. The molecule has 1 heterocycles. The molecule has 0 aromatic rings. The summed E-state index contributed by atoms with van der Waals surface area (Å²) < 4.78 is 5.45. The summed E-state index contributed by atoms with van der Waals surface area (Å²) in [5, 5.41) is 6.43. The zero-order chi connectivity index (χ0) is 11.4. The lowest BCUT2D eigenvalue weighted by molar-refractivity contribution is -0.122. The topological polar surface area (TPSA) is 50.4 Å². The number of carbonyl (C=O) groups is 1. The molecular weight excluding hydrogens is 204 g/mol. The van der Waals surface area contributed by atoms with Crippen LogP contribution in [0.5, 0.6) is 0 Å². The van der Waals surface area contributed by atoms with Gasteiger partial charge in [0, 0.05) is 31.7 Å². The molecule has 2 aliphatic rings. The minimum atomic E-state index is 0.173. The Morgan fingerprint density at radius 2 is 2.12 bits per heavy atom. The van der Waals surface area contributed by atoms with E-state index in [1.807, 2.05) is 0 Å². The van der Waals surface area contributed by atoms with Gasteiger partial charge in [-0.05, 0) is 32.6 Å². The monoisotopic (exact) mass is 226 g/mol. The predicted octanol–water partition coefficient (Wildman–Crippen LogP) is 0.812. The highest BCUT2D eigenvalue weighted by molar-refractivity contribution is 5.76. The molecule has 2 atom stereocenters. The maximum atomic E-state index is 11.6. The first-order valence-corrected chi connectivity index (χ1v) is 6.38. The van der Waals surface area contributed by atoms with E-state index in [0.29, 0.717) is 18.5 Å². The van der Waals surface area contributed by atoms with Crippen LogP contribution in [0.15, 0.2) is 0 Å². The zero-order valence-electron chi connectivity index (χ0n) is 10.00. The second kappa shape index (κ2) is 5.64. The van der Waals surface area contributed by atoms with Gasteiger partial charge < -0.3 is 15.4 Å². The fraction of sp³-hybridized carbons (Fsp3) is 0.917. The fourth-order valence-electron chi connectivity index (χ4n) is 2.11. The minimum absolute atomic E-state index is 0.173. The lowest BCUT2D eigenvalue weighted by Gasteiger charge is -2.27. The molecule has 0 bridgehead atoms. The van der Waals surface area contributed by atoms with Gasteiger partial charge in [0.15, 0.2) is 0 Å². The average molecular weight is 226 g/mol. The van der Waals surface area contributed by atoms with Gasteiger partial charge in [-0.25, -0.2) is 0 Å². The molecule has 16 heavy (non-hydrogen) atoms. The van der Waals surface area contributed by atoms with Crippen LogP contribution in [0.2, 0.25) is 0 Å². The van der Waals surface area contributed by atoms with Crippen molar-refractivity contribution in [3.05, 3.63) is 0 Å². The van der Waals surface area contributed by atoms with Gasteiger partial charge in [-0.3, -0.25) is 4.79 Å². The summed E-state index contributed by atoms with van der Waals surface area (Å²) in [5.41, 5.74) is 0. The molecule has 1 aliphatic heterocycles. The Bertz CT molecular complexity index is 241. The van der Waals surface area contributed by atoms with E-state index < -0.39 is 0 Å². The maximum Gasteiger partial charge on any atom is 0.221 e. The molecule has 4 heteroatoms. The van der Waals surface area contributed by atoms with E-state index in [0.717, 1.165) is 26.0 Å². The smallest absolute Gasteiger partial charge is 0.221 e. The van der Waals surface area contributed by atoms with E-state index in [1.165, 1.54) is 12.8 Å². The summed E-state index contributed by atoms with van der Waals surface area (Å²) >= 11 is 0. The van der Waals surface area contributed by atoms with Gasteiger partial charge in [0.2, 0.25) is 5.91 Å². The normalized spacial score (nSPS) is 30.1. The highest BCUT2D eigenvalue weighted by Crippen LogP contribution is 2.18. The number of amides is 1. The van der Waals surface area contributed by atoms with E-state index in [4.69, 9.17) is 4.74 Å². The van der Waals surface area contributed by atoms with E-state index in [1.54, 1.807) is 0 Å². The molecule has 92 valence electrons. The van der Waals surface area contributed by atoms with Crippen molar-refractivity contribution >= 4 is 5.91 Å². The van der Waals surface area contributed by atoms with Crippen LogP contribution in [0.1, 0.15) is 39.0 Å². The number of carbonyl (C=O) groups excluding carboxylic acids is 1. The second-order valence-electron chi connectivity index (χ2n) is 4.95. The van der Waals surface area contributed by atoms with Crippen LogP contribution in [-0.4, -0.2) is 37.2 Å². The summed E-state index contributed by atoms with van der Waals surface area (Å²) in [6.45, 7) is 3.65. The third-order valence-electron chi connectivity index (χ3n) is 3.21. The van der Waals surface area contributed by atoms with E-state index in [-0.39, 0.29) is 12.0 Å². The lowest BCUT2D eigenvalue weighted by atomic mass is 10.0. The molecule has 2 rings (SSSR count). The molecule has 1 aliphatic carbocycles. The molecule has 0 aromatic heterocycles. The number of rotatable bonds is 5. The van der Waals surface area contributed by atoms with E-state index in [9.17, 15) is 4.79 Å². The van der Waals surface area contributed by atoms with Gasteiger partial charge in [-0.1, -0.05) is 0 Å². The molecule has 1 amide bonds. The Hall–Kier alpha value is -0.610. The first-order valence-electron chi connectivity index (χ1n) is 6.38. The third kappa shape index (κ3) is 4.10. The molecule has 1 saturated heterocycles. The standard InChI is InChI=1S/C12H22N2O2/c1-9-8-11(5-7-16-9)14-12(15)4-6-13-10-2-3-10/h9-11,13H,2-8H2,1H3,(H,14,15). The summed E-state index contributed by atoms with van der Waals surface area (Å²) in [4.78, 5) is 11.6. The predicted molar refractivity (Wildman–Crippen MR) is 62.2 cm³/mol. The second-order valence-corrected chi connectivity index (χ2v) is 4.95. The Kier molecular flexibility index (Phi) is 4.18. The van der Waals surface area contributed by atoms with Crippen LogP contribution >= 0.6 is 0 Å². The van der Waals surface area contributed by atoms with Gasteiger partial charge in [-0.2, -0.15) is 0 Å². The quantitative estimate of drug-likeness (QED) is 0.729. The van der Waals surface area contributed by atoms with Crippen LogP contribution in [0.3, 0.4) is 0 Å². The van der Waals surface area contributed by atoms with Crippen LogP contribution in [0.25, 0.3) is 0 Å². The molecule has 0 aromatic carbocycles. The van der Waals surface area contributed by atoms with Crippen molar-refractivity contribution in [2.75, 3.05) is 13.2 Å². The maximum absolute atomic E-state index is 11.6. The van der Waals surface area contributed by atoms with Crippen molar-refractivity contribution < 1.29 is 9.53 Å². The van der Waals surface area contributed by atoms with Crippen molar-refractivity contribution in [1.82, 2.24) is 10.6 Å². The van der Waals surface area contributed by atoms with Gasteiger partial charge in [0.25, 0.3) is 0 Å². The molecule has 0 radical (unpaired) electrons. The molecule has 4 nitrogen and oxygen atoms in total. The summed E-state index contributed by atoms with van der Waals surface area (Å²) in [7, 11) is 0. The number of hydrogen-bond donors (Lipinski definition) is 2. The Balaban J connectivity index is 1.57. The van der Waals surface area contributed by atoms with Gasteiger partial charge in [0.1, 0.15) is 0 Å². The zero-order valence-corrected chi connectivity index (χ0v) is 10.00. The number of nitrogens with one attached hydrogen (secondary N) is 2. The molecule has 2 unspecified atom stereocenters. The van der Waals surface area contributed by atoms with Crippen molar-refractivity contribution in [2.24, 2.45) is 0 Å². The summed E-state index contributed by atoms with van der Waals surface area (Å²) in [5.74, 6) is 0.173. The van der Waals surface area contributed by atoms with Gasteiger partial charge >= 0.3 is 0 Å². The third-order valence-corrected chi connectivity index (χ3v) is 3.21. The Morgan fingerprint density at radius 3 is 2.81 bits per heavy atom. The molecule has 2 N–H and O–H groups in total. The largest absolute Gasteiger partial charge is 0.378 e. The van der Waals surface area contributed by atoms with Gasteiger partial charge in [0.05, 0.1) is 6.10 Å². The summed E-state index contributed by atoms with van der Waals surface area (Å²) in [6.07, 6.45) is 5.33. The molecule has 1 saturated carbocycles. The Morgan fingerprint density at radius 1 is 1.31 bits per heavy atom. The molecular formula is C12H22N2O2. The molecule has 2 fully saturated rings. The van der Waals surface area contributed by atoms with E-state index >= 15 is 0 Å². The van der Waals surface area contributed by atoms with Crippen molar-refractivity contribution in [1.29, 1.82) is 0 Å². The van der Waals surface area contributed by atoms with Crippen molar-refractivity contribution in [3.8, 4) is 0 Å². The Labute approximate surface area is 97.1 Å². The van der Waals surface area contributed by atoms with Crippen LogP contribution in [-0.2, 0) is 9.53 Å². The highest BCUT2D eigenvalue weighted by atomic mass is 16.5. The average Bonchev–Trinajstić information content (AvgIpc) is 3.01. The minimum Gasteiger partial charge on any atom is -0.378 e. The van der Waals surface area contributed by atoms with Crippen LogP contribution in [0.4, 0.5) is 0 Å². The number of ether oxygens (including phenoxy) is 1. The van der Waals surface area contributed by atoms with E-state index in [2.05, 4.69) is 17.6 Å².